The van der Waals surface area contributed by atoms with Crippen LogP contribution in [0.1, 0.15) is 12.0 Å². The number of para-hydroxylation sites is 2. The van der Waals surface area contributed by atoms with Crippen molar-refractivity contribution >= 4 is 28.6 Å². The van der Waals surface area contributed by atoms with Gasteiger partial charge in [-0.2, -0.15) is 5.26 Å². The van der Waals surface area contributed by atoms with E-state index >= 15 is 0 Å². The maximum absolute atomic E-state index is 12.6. The molecule has 146 valence electrons. The largest absolute Gasteiger partial charge is 0.346 e. The van der Waals surface area contributed by atoms with E-state index in [-0.39, 0.29) is 5.91 Å². The van der Waals surface area contributed by atoms with E-state index in [0.29, 0.717) is 13.0 Å². The van der Waals surface area contributed by atoms with E-state index in [1.807, 2.05) is 91.1 Å². The van der Waals surface area contributed by atoms with Gasteiger partial charge in [0.1, 0.15) is 0 Å². The van der Waals surface area contributed by atoms with Gasteiger partial charge >= 0.3 is 0 Å². The molecule has 0 aliphatic carbocycles. The average molecular weight is 391 g/mol. The number of hydrogen-bond acceptors (Lipinski definition) is 2. The van der Waals surface area contributed by atoms with E-state index in [2.05, 4.69) is 16.0 Å². The van der Waals surface area contributed by atoms with Crippen LogP contribution < -0.4 is 5.32 Å². The first-order valence-electron chi connectivity index (χ1n) is 9.84. The number of anilines is 1. The molecule has 1 N–H and O–H groups in total. The fourth-order valence-corrected chi connectivity index (χ4v) is 3.56. The number of amides is 1. The monoisotopic (exact) mass is 391 g/mol. The van der Waals surface area contributed by atoms with Crippen molar-refractivity contribution in [3.8, 4) is 17.2 Å². The van der Waals surface area contributed by atoms with Crippen molar-refractivity contribution in [1.29, 1.82) is 5.26 Å². The van der Waals surface area contributed by atoms with E-state index < -0.39 is 0 Å². The third-order valence-corrected chi connectivity index (χ3v) is 4.97. The highest BCUT2D eigenvalue weighted by Crippen LogP contribution is 2.28. The SMILES string of the molecule is N#CCCn1cc(/C=C/C(=O)Nc2ccccc2-c2ccccc2)c2ccccc21. The Kier molecular flexibility index (Phi) is 5.73. The van der Waals surface area contributed by atoms with Crippen LogP contribution in [-0.2, 0) is 11.3 Å². The Morgan fingerprint density at radius 2 is 1.70 bits per heavy atom. The maximum Gasteiger partial charge on any atom is 0.248 e. The molecule has 0 aliphatic rings. The summed E-state index contributed by atoms with van der Waals surface area (Å²) in [4.78, 5) is 12.6. The van der Waals surface area contributed by atoms with Crippen LogP contribution in [0.15, 0.2) is 91.1 Å². The molecule has 30 heavy (non-hydrogen) atoms. The lowest BCUT2D eigenvalue weighted by Crippen LogP contribution is -2.08. The molecule has 0 bridgehead atoms. The standard InChI is InChI=1S/C26H21N3O/c27-17-8-18-29-19-21(23-12-5-7-14-25(23)29)15-16-26(30)28-24-13-6-4-11-22(24)20-9-2-1-3-10-20/h1-7,9-16,19H,8,18H2,(H,28,30)/b16-15+. The molecule has 0 aliphatic heterocycles. The third-order valence-electron chi connectivity index (χ3n) is 4.97. The van der Waals surface area contributed by atoms with E-state index in [0.717, 1.165) is 33.3 Å². The molecule has 4 heteroatoms. The first kappa shape index (κ1) is 19.2. The molecule has 0 spiro atoms. The Labute approximate surface area is 175 Å². The van der Waals surface area contributed by atoms with Crippen molar-refractivity contribution in [2.75, 3.05) is 5.32 Å². The Balaban J connectivity index is 1.57. The summed E-state index contributed by atoms with van der Waals surface area (Å²) in [6.07, 6.45) is 5.81. The number of nitrogens with one attached hydrogen (secondary N) is 1. The first-order chi connectivity index (χ1) is 14.8. The number of benzene rings is 3. The van der Waals surface area contributed by atoms with E-state index in [9.17, 15) is 4.79 Å². The Hall–Kier alpha value is -4.10. The summed E-state index contributed by atoms with van der Waals surface area (Å²) >= 11 is 0. The number of fused-ring (bicyclic) bond motifs is 1. The second-order valence-corrected chi connectivity index (χ2v) is 6.94. The zero-order valence-corrected chi connectivity index (χ0v) is 16.5. The Morgan fingerprint density at radius 3 is 2.53 bits per heavy atom. The zero-order chi connectivity index (χ0) is 20.8. The molecule has 0 fully saturated rings. The number of rotatable bonds is 6. The van der Waals surface area contributed by atoms with Gasteiger partial charge < -0.3 is 9.88 Å². The molecule has 4 nitrogen and oxygen atoms in total. The second-order valence-electron chi connectivity index (χ2n) is 6.94. The van der Waals surface area contributed by atoms with Crippen LogP contribution in [0.3, 0.4) is 0 Å². The van der Waals surface area contributed by atoms with Gasteiger partial charge in [0.15, 0.2) is 0 Å². The molecule has 3 aromatic carbocycles. The van der Waals surface area contributed by atoms with Gasteiger partial charge in [0.2, 0.25) is 5.91 Å². The number of aromatic nitrogens is 1. The zero-order valence-electron chi connectivity index (χ0n) is 16.5. The highest BCUT2D eigenvalue weighted by molar-refractivity contribution is 6.05. The molecule has 1 aromatic heterocycles. The predicted molar refractivity (Wildman–Crippen MR) is 122 cm³/mol. The van der Waals surface area contributed by atoms with Crippen molar-refractivity contribution in [3.63, 3.8) is 0 Å². The topological polar surface area (TPSA) is 57.8 Å². The van der Waals surface area contributed by atoms with E-state index in [1.54, 1.807) is 6.08 Å². The molecule has 0 atom stereocenters. The molecule has 0 radical (unpaired) electrons. The second kappa shape index (κ2) is 8.93. The number of aryl methyl sites for hydroxylation is 1. The Morgan fingerprint density at radius 1 is 0.967 bits per heavy atom. The lowest BCUT2D eigenvalue weighted by Gasteiger charge is -2.09. The summed E-state index contributed by atoms with van der Waals surface area (Å²) in [5.74, 6) is -0.188. The van der Waals surface area contributed by atoms with Gasteiger partial charge in [0.25, 0.3) is 0 Å². The van der Waals surface area contributed by atoms with Crippen molar-refractivity contribution in [3.05, 3.63) is 96.7 Å². The molecule has 1 heterocycles. The minimum atomic E-state index is -0.188. The van der Waals surface area contributed by atoms with Crippen LogP contribution in [0.5, 0.6) is 0 Å². The number of hydrogen-bond donors (Lipinski definition) is 1. The minimum Gasteiger partial charge on any atom is -0.346 e. The summed E-state index contributed by atoms with van der Waals surface area (Å²) in [5.41, 5.74) is 4.82. The lowest BCUT2D eigenvalue weighted by molar-refractivity contribution is -0.111. The van der Waals surface area contributed by atoms with Crippen molar-refractivity contribution in [2.45, 2.75) is 13.0 Å². The number of carbonyl (C=O) groups excluding carboxylic acids is 1. The maximum atomic E-state index is 12.6. The smallest absolute Gasteiger partial charge is 0.248 e. The summed E-state index contributed by atoms with van der Waals surface area (Å²) in [5, 5.41) is 12.9. The minimum absolute atomic E-state index is 0.188. The van der Waals surface area contributed by atoms with E-state index in [1.165, 1.54) is 0 Å². The van der Waals surface area contributed by atoms with Crippen LogP contribution in [0, 0.1) is 11.3 Å². The summed E-state index contributed by atoms with van der Waals surface area (Å²) in [6.45, 7) is 0.626. The predicted octanol–water partition coefficient (Wildman–Crippen LogP) is 5.87. The van der Waals surface area contributed by atoms with Crippen molar-refractivity contribution in [1.82, 2.24) is 4.57 Å². The summed E-state index contributed by atoms with van der Waals surface area (Å²) < 4.78 is 2.06. The lowest BCUT2D eigenvalue weighted by atomic mass is 10.0. The summed E-state index contributed by atoms with van der Waals surface area (Å²) in [7, 11) is 0. The van der Waals surface area contributed by atoms with Gasteiger partial charge in [-0.25, -0.2) is 0 Å². The Bertz CT molecular complexity index is 1250. The number of nitrogens with zero attached hydrogens (tertiary/aromatic N) is 2. The van der Waals surface area contributed by atoms with Crippen LogP contribution in [0.4, 0.5) is 5.69 Å². The molecular formula is C26H21N3O. The quantitative estimate of drug-likeness (QED) is 0.418. The van der Waals surface area contributed by atoms with Gasteiger partial charge in [0.05, 0.1) is 12.5 Å². The number of nitriles is 1. The van der Waals surface area contributed by atoms with Gasteiger partial charge in [-0.15, -0.1) is 0 Å². The first-order valence-corrected chi connectivity index (χ1v) is 9.84. The van der Waals surface area contributed by atoms with Gasteiger partial charge in [-0.3, -0.25) is 4.79 Å². The molecule has 4 rings (SSSR count). The van der Waals surface area contributed by atoms with Gasteiger partial charge in [-0.05, 0) is 23.8 Å². The molecule has 0 unspecified atom stereocenters. The molecule has 0 saturated carbocycles. The highest BCUT2D eigenvalue weighted by atomic mass is 16.1. The molecule has 4 aromatic rings. The average Bonchev–Trinajstić information content (AvgIpc) is 3.15. The number of carbonyl (C=O) groups is 1. The van der Waals surface area contributed by atoms with Gasteiger partial charge in [-0.1, -0.05) is 66.7 Å². The molecule has 0 saturated heterocycles. The van der Waals surface area contributed by atoms with Crippen LogP contribution >= 0.6 is 0 Å². The van der Waals surface area contributed by atoms with Crippen molar-refractivity contribution < 1.29 is 4.79 Å². The normalized spacial score (nSPS) is 10.9. The fourth-order valence-electron chi connectivity index (χ4n) is 3.56. The van der Waals surface area contributed by atoms with Gasteiger partial charge in [0, 0.05) is 46.5 Å². The van der Waals surface area contributed by atoms with Crippen LogP contribution in [0.2, 0.25) is 0 Å². The van der Waals surface area contributed by atoms with Crippen LogP contribution in [0.25, 0.3) is 28.1 Å². The fraction of sp³-hybridized carbons (Fsp3) is 0.0769. The third kappa shape index (κ3) is 4.16. The molecule has 1 amide bonds. The van der Waals surface area contributed by atoms with Crippen LogP contribution in [-0.4, -0.2) is 10.5 Å². The summed E-state index contributed by atoms with van der Waals surface area (Å²) in [6, 6.07) is 28.0. The molecular weight excluding hydrogens is 370 g/mol. The van der Waals surface area contributed by atoms with E-state index in [4.69, 9.17) is 5.26 Å². The highest BCUT2D eigenvalue weighted by Gasteiger charge is 2.08. The van der Waals surface area contributed by atoms with Crippen molar-refractivity contribution in [2.24, 2.45) is 0 Å².